The number of nitrogens with one attached hydrogen (secondary N) is 1. The van der Waals surface area contributed by atoms with Crippen molar-refractivity contribution in [1.82, 2.24) is 10.2 Å². The Kier molecular flexibility index (Phi) is 6.45. The highest BCUT2D eigenvalue weighted by Crippen LogP contribution is 2.33. The number of carbonyl (C=O) groups is 3. The molecule has 0 aromatic carbocycles. The number of hydrogen-bond acceptors (Lipinski definition) is 3. The standard InChI is InChI=1S/C14H25N3O4/c1-2-14(12(19)20)7-5-9-17(10-14)13(21)16-8-4-3-6-11(15)18/h2-10H2,1H3,(H2,15,18)(H,16,21)(H,19,20). The van der Waals surface area contributed by atoms with Crippen LogP contribution in [0.15, 0.2) is 0 Å². The Hall–Kier alpha value is -1.79. The maximum Gasteiger partial charge on any atom is 0.317 e. The van der Waals surface area contributed by atoms with Crippen LogP contribution < -0.4 is 11.1 Å². The van der Waals surface area contributed by atoms with Gasteiger partial charge in [-0.05, 0) is 32.1 Å². The van der Waals surface area contributed by atoms with Crippen LogP contribution >= 0.6 is 0 Å². The molecule has 0 aliphatic carbocycles. The summed E-state index contributed by atoms with van der Waals surface area (Å²) in [6, 6.07) is -0.229. The Labute approximate surface area is 124 Å². The van der Waals surface area contributed by atoms with Crippen molar-refractivity contribution in [2.24, 2.45) is 11.1 Å². The molecule has 1 unspecified atom stereocenters. The van der Waals surface area contributed by atoms with E-state index in [1.165, 1.54) is 0 Å². The van der Waals surface area contributed by atoms with Crippen LogP contribution in [0.3, 0.4) is 0 Å². The van der Waals surface area contributed by atoms with Gasteiger partial charge in [0.1, 0.15) is 0 Å². The SMILES string of the molecule is CCC1(C(=O)O)CCCN(C(=O)NCCCCC(N)=O)C1. The second kappa shape index (κ2) is 7.85. The van der Waals surface area contributed by atoms with Gasteiger partial charge in [-0.2, -0.15) is 0 Å². The van der Waals surface area contributed by atoms with Crippen LogP contribution in [-0.4, -0.2) is 47.5 Å². The van der Waals surface area contributed by atoms with Crippen LogP contribution in [0.1, 0.15) is 45.4 Å². The molecule has 7 heteroatoms. The maximum absolute atomic E-state index is 12.1. The minimum atomic E-state index is -0.830. The molecule has 7 nitrogen and oxygen atoms in total. The molecule has 1 rings (SSSR count). The van der Waals surface area contributed by atoms with Gasteiger partial charge in [0.15, 0.2) is 0 Å². The zero-order valence-corrected chi connectivity index (χ0v) is 12.6. The van der Waals surface area contributed by atoms with E-state index in [1.807, 2.05) is 6.92 Å². The van der Waals surface area contributed by atoms with Gasteiger partial charge in [0.05, 0.1) is 5.41 Å². The lowest BCUT2D eigenvalue weighted by Crippen LogP contribution is -2.52. The van der Waals surface area contributed by atoms with E-state index in [4.69, 9.17) is 5.73 Å². The van der Waals surface area contributed by atoms with Gasteiger partial charge in [0.25, 0.3) is 0 Å². The number of piperidine rings is 1. The van der Waals surface area contributed by atoms with Crippen LogP contribution in [0.25, 0.3) is 0 Å². The molecule has 0 aromatic rings. The number of carboxylic acids is 1. The predicted molar refractivity (Wildman–Crippen MR) is 77.6 cm³/mol. The second-order valence-corrected chi connectivity index (χ2v) is 5.62. The van der Waals surface area contributed by atoms with Crippen molar-refractivity contribution in [3.05, 3.63) is 0 Å². The minimum Gasteiger partial charge on any atom is -0.481 e. The number of urea groups is 1. The van der Waals surface area contributed by atoms with Gasteiger partial charge >= 0.3 is 12.0 Å². The Morgan fingerprint density at radius 3 is 2.62 bits per heavy atom. The number of unbranched alkanes of at least 4 members (excludes halogenated alkanes) is 1. The van der Waals surface area contributed by atoms with Crippen LogP contribution in [0.4, 0.5) is 4.79 Å². The third-order valence-electron chi connectivity index (χ3n) is 4.12. The maximum atomic E-state index is 12.1. The fourth-order valence-electron chi connectivity index (χ4n) is 2.65. The normalized spacial score (nSPS) is 21.9. The van der Waals surface area contributed by atoms with Crippen molar-refractivity contribution < 1.29 is 19.5 Å². The van der Waals surface area contributed by atoms with Crippen molar-refractivity contribution in [1.29, 1.82) is 0 Å². The van der Waals surface area contributed by atoms with E-state index in [0.29, 0.717) is 51.6 Å². The predicted octanol–water partition coefficient (Wildman–Crippen LogP) is 0.928. The molecule has 1 aliphatic heterocycles. The third-order valence-corrected chi connectivity index (χ3v) is 4.12. The number of hydrogen-bond donors (Lipinski definition) is 3. The second-order valence-electron chi connectivity index (χ2n) is 5.62. The van der Waals surface area contributed by atoms with Crippen LogP contribution in [0.5, 0.6) is 0 Å². The van der Waals surface area contributed by atoms with E-state index in [-0.39, 0.29) is 18.5 Å². The molecule has 1 aliphatic rings. The highest BCUT2D eigenvalue weighted by atomic mass is 16.4. The summed E-state index contributed by atoms with van der Waals surface area (Å²) < 4.78 is 0. The third kappa shape index (κ3) is 4.91. The summed E-state index contributed by atoms with van der Waals surface area (Å²) >= 11 is 0. The number of amides is 3. The highest BCUT2D eigenvalue weighted by molar-refractivity contribution is 5.78. The zero-order chi connectivity index (χ0) is 15.9. The first kappa shape index (κ1) is 17.3. The number of nitrogens with two attached hydrogens (primary N) is 1. The molecule has 0 spiro atoms. The number of nitrogens with zero attached hydrogens (tertiary/aromatic N) is 1. The number of aliphatic carboxylic acids is 1. The number of carboxylic acid groups (broad SMARTS) is 1. The average molecular weight is 299 g/mol. The molecule has 1 fully saturated rings. The van der Waals surface area contributed by atoms with Gasteiger partial charge in [-0.15, -0.1) is 0 Å². The Bertz CT molecular complexity index is 400. The topological polar surface area (TPSA) is 113 Å². The van der Waals surface area contributed by atoms with Crippen molar-refractivity contribution in [2.75, 3.05) is 19.6 Å². The van der Waals surface area contributed by atoms with E-state index < -0.39 is 11.4 Å². The molecule has 3 amide bonds. The van der Waals surface area contributed by atoms with Crippen molar-refractivity contribution in [2.45, 2.75) is 45.4 Å². The Morgan fingerprint density at radius 1 is 1.33 bits per heavy atom. The summed E-state index contributed by atoms with van der Waals surface area (Å²) in [5, 5.41) is 12.2. The fourth-order valence-corrected chi connectivity index (χ4v) is 2.65. The first-order chi connectivity index (χ1) is 9.91. The van der Waals surface area contributed by atoms with Crippen LogP contribution in [-0.2, 0) is 9.59 Å². The van der Waals surface area contributed by atoms with E-state index >= 15 is 0 Å². The zero-order valence-electron chi connectivity index (χ0n) is 12.6. The molecular weight excluding hydrogens is 274 g/mol. The van der Waals surface area contributed by atoms with E-state index in [9.17, 15) is 19.5 Å². The molecule has 1 atom stereocenters. The summed E-state index contributed by atoms with van der Waals surface area (Å²) in [7, 11) is 0. The molecule has 0 radical (unpaired) electrons. The molecule has 4 N–H and O–H groups in total. The molecule has 1 saturated heterocycles. The average Bonchev–Trinajstić information content (AvgIpc) is 2.46. The first-order valence-electron chi connectivity index (χ1n) is 7.46. The van der Waals surface area contributed by atoms with E-state index in [0.717, 1.165) is 0 Å². The summed E-state index contributed by atoms with van der Waals surface area (Å²) in [5.41, 5.74) is 4.22. The van der Waals surface area contributed by atoms with Gasteiger partial charge in [0.2, 0.25) is 5.91 Å². The molecule has 0 saturated carbocycles. The molecule has 0 bridgehead atoms. The summed E-state index contributed by atoms with van der Waals surface area (Å²) in [6.45, 7) is 3.16. The lowest BCUT2D eigenvalue weighted by Gasteiger charge is -2.39. The number of rotatable bonds is 7. The highest BCUT2D eigenvalue weighted by Gasteiger charge is 2.42. The smallest absolute Gasteiger partial charge is 0.317 e. The Balaban J connectivity index is 2.40. The summed E-state index contributed by atoms with van der Waals surface area (Å²) in [4.78, 5) is 35.6. The van der Waals surface area contributed by atoms with Gasteiger partial charge in [0, 0.05) is 26.1 Å². The van der Waals surface area contributed by atoms with Crippen LogP contribution in [0.2, 0.25) is 0 Å². The van der Waals surface area contributed by atoms with Crippen molar-refractivity contribution in [3.8, 4) is 0 Å². The number of carbonyl (C=O) groups excluding carboxylic acids is 2. The van der Waals surface area contributed by atoms with Crippen molar-refractivity contribution >= 4 is 17.9 Å². The van der Waals surface area contributed by atoms with Gasteiger partial charge in [-0.1, -0.05) is 6.92 Å². The fraction of sp³-hybridized carbons (Fsp3) is 0.786. The summed E-state index contributed by atoms with van der Waals surface area (Å²) in [5.74, 6) is -1.17. The number of primary amides is 1. The van der Waals surface area contributed by atoms with Crippen LogP contribution in [0, 0.1) is 5.41 Å². The minimum absolute atomic E-state index is 0.229. The molecule has 21 heavy (non-hydrogen) atoms. The lowest BCUT2D eigenvalue weighted by molar-refractivity contribution is -0.152. The number of likely N-dealkylation sites (tertiary alicyclic amines) is 1. The lowest BCUT2D eigenvalue weighted by atomic mass is 9.78. The Morgan fingerprint density at radius 2 is 2.05 bits per heavy atom. The van der Waals surface area contributed by atoms with Crippen molar-refractivity contribution in [3.63, 3.8) is 0 Å². The largest absolute Gasteiger partial charge is 0.481 e. The first-order valence-corrected chi connectivity index (χ1v) is 7.46. The molecule has 1 heterocycles. The van der Waals surface area contributed by atoms with E-state index in [1.54, 1.807) is 4.90 Å². The molecular formula is C14H25N3O4. The van der Waals surface area contributed by atoms with Gasteiger partial charge < -0.3 is 21.1 Å². The van der Waals surface area contributed by atoms with Gasteiger partial charge in [-0.25, -0.2) is 4.79 Å². The monoisotopic (exact) mass is 299 g/mol. The molecule has 120 valence electrons. The van der Waals surface area contributed by atoms with Gasteiger partial charge in [-0.3, -0.25) is 9.59 Å². The summed E-state index contributed by atoms with van der Waals surface area (Å²) in [6.07, 6.45) is 3.47. The quantitative estimate of drug-likeness (QED) is 0.607. The van der Waals surface area contributed by atoms with E-state index in [2.05, 4.69) is 5.32 Å². The molecule has 0 aromatic heterocycles.